The summed E-state index contributed by atoms with van der Waals surface area (Å²) in [5.41, 5.74) is 0. The van der Waals surface area contributed by atoms with Crippen molar-refractivity contribution in [3.8, 4) is 0 Å². The minimum Gasteiger partial charge on any atom is -0.549 e. The van der Waals surface area contributed by atoms with Gasteiger partial charge < -0.3 is 25.2 Å². The van der Waals surface area contributed by atoms with Crippen molar-refractivity contribution in [1.82, 2.24) is 4.90 Å². The van der Waals surface area contributed by atoms with Gasteiger partial charge in [-0.2, -0.15) is 0 Å². The van der Waals surface area contributed by atoms with Crippen LogP contribution in [0.15, 0.2) is 0 Å². The summed E-state index contributed by atoms with van der Waals surface area (Å²) in [6, 6.07) is -0.192. The van der Waals surface area contributed by atoms with Crippen LogP contribution in [0.4, 0.5) is 0 Å². The number of quaternary nitrogens is 1. The van der Waals surface area contributed by atoms with Gasteiger partial charge in [-0.15, -0.1) is 0 Å². The van der Waals surface area contributed by atoms with Gasteiger partial charge in [0.1, 0.15) is 0 Å². The first kappa shape index (κ1) is 17.5. The molecule has 2 atom stereocenters. The molecule has 0 aromatic carbocycles. The van der Waals surface area contributed by atoms with Crippen LogP contribution in [-0.2, 0) is 14.4 Å². The second-order valence-corrected chi connectivity index (χ2v) is 5.45. The van der Waals surface area contributed by atoms with E-state index in [4.69, 9.17) is 15.3 Å². The molecule has 2 unspecified atom stereocenters. The summed E-state index contributed by atoms with van der Waals surface area (Å²) >= 11 is 0. The van der Waals surface area contributed by atoms with Gasteiger partial charge in [-0.3, -0.25) is 19.0 Å². The number of carbonyl (C=O) groups excluding carboxylic acids is 3. The summed E-state index contributed by atoms with van der Waals surface area (Å²) in [5, 5.41) is 35.8. The van der Waals surface area contributed by atoms with E-state index < -0.39 is 17.8 Å². The molecule has 0 saturated carbocycles. The van der Waals surface area contributed by atoms with Crippen LogP contribution in [0, 0.1) is 5.92 Å². The number of aliphatic hydroxyl groups is 3. The molecule has 2 aliphatic rings. The van der Waals surface area contributed by atoms with E-state index in [0.29, 0.717) is 12.8 Å². The number of aliphatic carboxylic acids is 1. The molecule has 9 heteroatoms. The first-order chi connectivity index (χ1) is 9.79. The molecule has 9 nitrogen and oxygen atoms in total. The van der Waals surface area contributed by atoms with Crippen LogP contribution in [0.2, 0.25) is 0 Å². The number of hydrogen-bond donors (Lipinski definition) is 3. The van der Waals surface area contributed by atoms with Crippen LogP contribution in [0.25, 0.3) is 0 Å². The van der Waals surface area contributed by atoms with Gasteiger partial charge in [0, 0.05) is 12.5 Å². The van der Waals surface area contributed by atoms with Gasteiger partial charge in [-0.05, 0) is 12.8 Å². The van der Waals surface area contributed by atoms with Crippen LogP contribution < -0.4 is 5.11 Å². The molecule has 0 aliphatic carbocycles. The monoisotopic (exact) mass is 304 g/mol. The van der Waals surface area contributed by atoms with Crippen LogP contribution in [0.5, 0.6) is 0 Å². The molecule has 0 spiro atoms. The molecule has 2 heterocycles. The third-order valence-corrected chi connectivity index (χ3v) is 3.68. The maximum Gasteiger partial charge on any atom is 0.238 e. The van der Waals surface area contributed by atoms with Gasteiger partial charge in [0.15, 0.2) is 20.2 Å². The smallest absolute Gasteiger partial charge is 0.238 e. The van der Waals surface area contributed by atoms with E-state index in [-0.39, 0.29) is 43.0 Å². The quantitative estimate of drug-likeness (QED) is 0.212. The van der Waals surface area contributed by atoms with Crippen LogP contribution >= 0.6 is 0 Å². The van der Waals surface area contributed by atoms with Crippen molar-refractivity contribution in [2.75, 3.05) is 27.2 Å². The Labute approximate surface area is 121 Å². The predicted molar refractivity (Wildman–Crippen MR) is 65.4 cm³/mol. The van der Waals surface area contributed by atoms with Crippen LogP contribution in [0.3, 0.4) is 0 Å². The Morgan fingerprint density at radius 3 is 2.14 bits per heavy atom. The van der Waals surface area contributed by atoms with E-state index in [0.717, 1.165) is 4.90 Å². The van der Waals surface area contributed by atoms with Crippen LogP contribution in [-0.4, -0.2) is 75.8 Å². The Balaban J connectivity index is 0.000000240. The molecule has 120 valence electrons. The van der Waals surface area contributed by atoms with Gasteiger partial charge in [0.05, 0.1) is 18.9 Å². The average molecular weight is 304 g/mol. The van der Waals surface area contributed by atoms with E-state index in [1.54, 1.807) is 7.05 Å². The van der Waals surface area contributed by atoms with E-state index >= 15 is 0 Å². The Morgan fingerprint density at radius 1 is 1.29 bits per heavy atom. The third-order valence-electron chi connectivity index (χ3n) is 3.68. The lowest BCUT2D eigenvalue weighted by Gasteiger charge is -2.25. The van der Waals surface area contributed by atoms with Crippen molar-refractivity contribution < 1.29 is 39.3 Å². The summed E-state index contributed by atoms with van der Waals surface area (Å²) < 4.78 is -0.125. The normalized spacial score (nSPS) is 24.7. The number of nitrogens with zero attached hydrogens (tertiary/aromatic N) is 2. The van der Waals surface area contributed by atoms with Crippen molar-refractivity contribution in [1.29, 1.82) is 0 Å². The van der Waals surface area contributed by atoms with Gasteiger partial charge in [0.25, 0.3) is 0 Å². The van der Waals surface area contributed by atoms with Gasteiger partial charge in [-0.1, -0.05) is 0 Å². The minimum absolute atomic E-state index is 0.125. The highest BCUT2D eigenvalue weighted by Crippen LogP contribution is 2.32. The highest BCUT2D eigenvalue weighted by molar-refractivity contribution is 6.07. The zero-order chi connectivity index (χ0) is 16.2. The number of hydrogen-bond acceptors (Lipinski definition) is 7. The lowest BCUT2D eigenvalue weighted by atomic mass is 10.0. The summed E-state index contributed by atoms with van der Waals surface area (Å²) in [7, 11) is 1.54. The molecular weight excluding hydrogens is 284 g/mol. The maximum absolute atomic E-state index is 11.3. The molecule has 0 aromatic rings. The lowest BCUT2D eigenvalue weighted by molar-refractivity contribution is -0.959. The summed E-state index contributed by atoms with van der Waals surface area (Å²) in [5.74, 6) is -3.31. The van der Waals surface area contributed by atoms with E-state index in [1.165, 1.54) is 0 Å². The molecule has 2 aliphatic heterocycles. The van der Waals surface area contributed by atoms with E-state index in [2.05, 4.69) is 0 Å². The molecule has 0 radical (unpaired) electrons. The largest absolute Gasteiger partial charge is 0.549 e. The summed E-state index contributed by atoms with van der Waals surface area (Å²) in [6.07, 6.45) is 1.18. The second-order valence-electron chi connectivity index (χ2n) is 5.45. The Morgan fingerprint density at radius 2 is 1.81 bits per heavy atom. The number of carboxylic acid groups (broad SMARTS) is 1. The SMILES string of the molecule is C[N+](CO)(CO)CO.O=C([O-])C1CC2CCC(=O)N2C1=O. The molecule has 2 fully saturated rings. The van der Waals surface area contributed by atoms with Crippen molar-refractivity contribution in [2.45, 2.75) is 25.3 Å². The molecule has 0 bridgehead atoms. The number of aliphatic hydroxyl groups excluding tert-OH is 3. The predicted octanol–water partition coefficient (Wildman–Crippen LogP) is -3.44. The van der Waals surface area contributed by atoms with Gasteiger partial charge in [-0.25, -0.2) is 0 Å². The Bertz CT molecular complexity index is 414. The standard InChI is InChI=1S/C8H9NO4.C4H12NO3/c10-6-2-1-4-3-5(8(12)13)7(11)9(4)6;1-5(2-6,3-7)4-8/h4-5H,1-3H2,(H,12,13);6-8H,2-4H2,1H3/q;+1/p-1. The lowest BCUT2D eigenvalue weighted by Crippen LogP contribution is -2.46. The maximum atomic E-state index is 11.3. The number of carboxylic acids is 1. The van der Waals surface area contributed by atoms with E-state index in [1.807, 2.05) is 0 Å². The van der Waals surface area contributed by atoms with Gasteiger partial charge >= 0.3 is 0 Å². The molecule has 2 amide bonds. The molecule has 0 aromatic heterocycles. The molecular formula is C12H20N2O7. The highest BCUT2D eigenvalue weighted by atomic mass is 16.4. The van der Waals surface area contributed by atoms with E-state index in [9.17, 15) is 19.5 Å². The fourth-order valence-electron chi connectivity index (χ4n) is 2.14. The van der Waals surface area contributed by atoms with Crippen LogP contribution in [0.1, 0.15) is 19.3 Å². The topological polar surface area (TPSA) is 138 Å². The zero-order valence-corrected chi connectivity index (χ0v) is 11.8. The summed E-state index contributed by atoms with van der Waals surface area (Å²) in [4.78, 5) is 34.0. The minimum atomic E-state index is -1.37. The molecule has 2 rings (SSSR count). The fourth-order valence-corrected chi connectivity index (χ4v) is 2.14. The van der Waals surface area contributed by atoms with Crippen molar-refractivity contribution in [2.24, 2.45) is 5.92 Å². The first-order valence-corrected chi connectivity index (χ1v) is 6.52. The number of carbonyl (C=O) groups is 3. The summed E-state index contributed by atoms with van der Waals surface area (Å²) in [6.45, 7) is -0.729. The highest BCUT2D eigenvalue weighted by Gasteiger charge is 2.46. The number of fused-ring (bicyclic) bond motifs is 1. The number of amides is 2. The zero-order valence-electron chi connectivity index (χ0n) is 11.8. The Kier molecular flexibility index (Phi) is 5.78. The van der Waals surface area contributed by atoms with Crippen molar-refractivity contribution >= 4 is 17.8 Å². The van der Waals surface area contributed by atoms with Crippen molar-refractivity contribution in [3.63, 3.8) is 0 Å². The first-order valence-electron chi connectivity index (χ1n) is 6.52. The van der Waals surface area contributed by atoms with Crippen molar-refractivity contribution in [3.05, 3.63) is 0 Å². The Hall–Kier alpha value is -1.55. The fraction of sp³-hybridized carbons (Fsp3) is 0.750. The molecule has 2 saturated heterocycles. The second kappa shape index (κ2) is 6.94. The molecule has 3 N–H and O–H groups in total. The van der Waals surface area contributed by atoms with Gasteiger partial charge in [0.2, 0.25) is 11.8 Å². The number of imide groups is 1. The number of rotatable bonds is 4. The average Bonchev–Trinajstić information content (AvgIpc) is 3.00. The third kappa shape index (κ3) is 3.76. The molecule has 21 heavy (non-hydrogen) atoms.